The van der Waals surface area contributed by atoms with Gasteiger partial charge in [0, 0.05) is 0 Å². The molecular weight excluding hydrogens is 450 g/mol. The maximum Gasteiger partial charge on any atom is 0.338 e. The molecule has 1 amide bonds. The zero-order valence-corrected chi connectivity index (χ0v) is 18.7. The highest BCUT2D eigenvalue weighted by Crippen LogP contribution is 2.35. The number of thiophene rings is 1. The highest BCUT2D eigenvalue weighted by atomic mass is 32.1. The number of anilines is 1. The van der Waals surface area contributed by atoms with Crippen molar-refractivity contribution < 1.29 is 14.3 Å². The molecule has 0 atom stereocenters. The average molecular weight is 466 g/mol. The predicted octanol–water partition coefficient (Wildman–Crippen LogP) is 6.06. The van der Waals surface area contributed by atoms with Crippen LogP contribution in [0.25, 0.3) is 30.3 Å². The van der Waals surface area contributed by atoms with Crippen molar-refractivity contribution in [2.75, 3.05) is 11.9 Å². The summed E-state index contributed by atoms with van der Waals surface area (Å²) in [5.74, 6) is -0.591. The summed E-state index contributed by atoms with van der Waals surface area (Å²) in [4.78, 5) is 35.3. The first-order chi connectivity index (χ1) is 15.1. The summed E-state index contributed by atoms with van der Waals surface area (Å²) < 4.78 is 6.96. The van der Waals surface area contributed by atoms with Crippen LogP contribution in [0.4, 0.5) is 5.13 Å². The molecule has 3 heterocycles. The smallest absolute Gasteiger partial charge is 0.338 e. The maximum atomic E-state index is 12.7. The predicted molar refractivity (Wildman–Crippen MR) is 126 cm³/mol. The van der Waals surface area contributed by atoms with Crippen LogP contribution in [0.1, 0.15) is 27.0 Å². The number of carbonyl (C=O) groups excluding carboxylic acids is 2. The molecule has 0 fully saturated rings. The van der Waals surface area contributed by atoms with Crippen LogP contribution in [-0.4, -0.2) is 28.5 Å². The van der Waals surface area contributed by atoms with Crippen molar-refractivity contribution >= 4 is 71.5 Å². The summed E-state index contributed by atoms with van der Waals surface area (Å²) in [5, 5.41) is 4.24. The van der Waals surface area contributed by atoms with Gasteiger partial charge in [0.05, 0.1) is 42.4 Å². The van der Waals surface area contributed by atoms with Crippen LogP contribution in [-0.2, 0) is 4.74 Å². The van der Waals surface area contributed by atoms with Crippen LogP contribution in [0.2, 0.25) is 0 Å². The Labute approximate surface area is 189 Å². The summed E-state index contributed by atoms with van der Waals surface area (Å²) in [6.45, 7) is 2.09. The molecule has 0 unspecified atom stereocenters. The molecule has 0 spiro atoms. The quantitative estimate of drug-likeness (QED) is 0.319. The van der Waals surface area contributed by atoms with Crippen LogP contribution in [0.15, 0.2) is 54.6 Å². The normalized spacial score (nSPS) is 11.1. The third kappa shape index (κ3) is 3.95. The topological polar surface area (TPSA) is 81.2 Å². The Morgan fingerprint density at radius 3 is 2.61 bits per heavy atom. The molecule has 0 aliphatic rings. The van der Waals surface area contributed by atoms with Crippen molar-refractivity contribution in [3.05, 3.63) is 65.0 Å². The Bertz CT molecular complexity index is 1400. The van der Waals surface area contributed by atoms with Crippen LogP contribution in [0.3, 0.4) is 0 Å². The molecule has 1 N–H and O–H groups in total. The zero-order chi connectivity index (χ0) is 21.4. The molecule has 154 valence electrons. The minimum atomic E-state index is -0.371. The highest BCUT2D eigenvalue weighted by molar-refractivity contribution is 7.26. The number of nitrogens with zero attached hydrogens (tertiary/aromatic N) is 2. The van der Waals surface area contributed by atoms with Gasteiger partial charge in [0.25, 0.3) is 5.91 Å². The average Bonchev–Trinajstić information content (AvgIpc) is 3.50. The van der Waals surface area contributed by atoms with Gasteiger partial charge in [-0.15, -0.1) is 22.7 Å². The van der Waals surface area contributed by atoms with Gasteiger partial charge in [-0.3, -0.25) is 10.1 Å². The summed E-state index contributed by atoms with van der Waals surface area (Å²) >= 11 is 4.33. The van der Waals surface area contributed by atoms with Crippen LogP contribution >= 0.6 is 34.0 Å². The van der Waals surface area contributed by atoms with Crippen molar-refractivity contribution in [1.29, 1.82) is 0 Å². The van der Waals surface area contributed by atoms with E-state index >= 15 is 0 Å². The van der Waals surface area contributed by atoms with Crippen LogP contribution in [0, 0.1) is 0 Å². The molecule has 9 heteroatoms. The highest BCUT2D eigenvalue weighted by Gasteiger charge is 2.16. The lowest BCUT2D eigenvalue weighted by Crippen LogP contribution is -2.09. The lowest BCUT2D eigenvalue weighted by molar-refractivity contribution is 0.0526. The fourth-order valence-corrected chi connectivity index (χ4v) is 5.85. The van der Waals surface area contributed by atoms with Gasteiger partial charge >= 0.3 is 5.97 Å². The van der Waals surface area contributed by atoms with E-state index in [2.05, 4.69) is 15.3 Å². The number of carbonyl (C=O) groups is 2. The maximum absolute atomic E-state index is 12.7. The first-order valence-corrected chi connectivity index (χ1v) is 11.9. The second kappa shape index (κ2) is 8.18. The number of thiazole rings is 2. The number of rotatable bonds is 5. The number of ether oxygens (including phenoxy) is 1. The Balaban J connectivity index is 1.35. The third-order valence-electron chi connectivity index (χ3n) is 4.45. The van der Waals surface area contributed by atoms with Crippen molar-refractivity contribution in [3.63, 3.8) is 0 Å². The molecule has 6 nitrogen and oxygen atoms in total. The minimum absolute atomic E-state index is 0.220. The Kier molecular flexibility index (Phi) is 5.23. The summed E-state index contributed by atoms with van der Waals surface area (Å²) in [7, 11) is 0. The molecule has 5 aromatic rings. The number of para-hydroxylation sites is 1. The number of nitrogens with one attached hydrogen (secondary N) is 1. The van der Waals surface area contributed by atoms with E-state index in [0.29, 0.717) is 22.2 Å². The lowest BCUT2D eigenvalue weighted by Gasteiger charge is -2.00. The van der Waals surface area contributed by atoms with E-state index < -0.39 is 0 Å². The monoisotopic (exact) mass is 465 g/mol. The molecule has 5 rings (SSSR count). The second-order valence-electron chi connectivity index (χ2n) is 6.53. The molecule has 0 aliphatic carbocycles. The van der Waals surface area contributed by atoms with Gasteiger partial charge in [-0.05, 0) is 49.4 Å². The van der Waals surface area contributed by atoms with Gasteiger partial charge in [-0.25, -0.2) is 14.8 Å². The van der Waals surface area contributed by atoms with E-state index in [1.165, 1.54) is 22.7 Å². The SMILES string of the molecule is CCOC(=O)c1ccc2nc(NC(=O)c3ccc(-c4nc5ccccc5s4)s3)sc2c1. The van der Waals surface area contributed by atoms with E-state index in [-0.39, 0.29) is 11.9 Å². The van der Waals surface area contributed by atoms with Gasteiger partial charge in [0.15, 0.2) is 5.13 Å². The van der Waals surface area contributed by atoms with Crippen molar-refractivity contribution in [1.82, 2.24) is 9.97 Å². The Morgan fingerprint density at radius 1 is 0.935 bits per heavy atom. The van der Waals surface area contributed by atoms with Crippen molar-refractivity contribution in [2.45, 2.75) is 6.92 Å². The Hall–Kier alpha value is -3.14. The molecule has 0 radical (unpaired) electrons. The van der Waals surface area contributed by atoms with E-state index in [1.807, 2.05) is 30.3 Å². The van der Waals surface area contributed by atoms with Gasteiger partial charge in [0.2, 0.25) is 0 Å². The van der Waals surface area contributed by atoms with Gasteiger partial charge in [-0.2, -0.15) is 0 Å². The first-order valence-electron chi connectivity index (χ1n) is 9.45. The first kappa shape index (κ1) is 19.8. The van der Waals surface area contributed by atoms with Gasteiger partial charge in [0.1, 0.15) is 5.01 Å². The largest absolute Gasteiger partial charge is 0.462 e. The number of hydrogen-bond acceptors (Lipinski definition) is 8. The van der Waals surface area contributed by atoms with Crippen molar-refractivity contribution in [2.24, 2.45) is 0 Å². The molecule has 0 saturated heterocycles. The fraction of sp³-hybridized carbons (Fsp3) is 0.0909. The number of benzene rings is 2. The van der Waals surface area contributed by atoms with E-state index in [4.69, 9.17) is 4.74 Å². The van der Waals surface area contributed by atoms with Gasteiger partial charge < -0.3 is 4.74 Å². The molecule has 0 aliphatic heterocycles. The molecule has 2 aromatic carbocycles. The van der Waals surface area contributed by atoms with Crippen molar-refractivity contribution in [3.8, 4) is 9.88 Å². The molecule has 31 heavy (non-hydrogen) atoms. The molecular formula is C22H15N3O3S3. The number of amides is 1. The second-order valence-corrected chi connectivity index (χ2v) is 9.67. The lowest BCUT2D eigenvalue weighted by atomic mass is 10.2. The van der Waals surface area contributed by atoms with E-state index in [9.17, 15) is 9.59 Å². The zero-order valence-electron chi connectivity index (χ0n) is 16.2. The standard InChI is InChI=1S/C22H15N3O3S3/c1-2-28-21(27)12-7-8-14-18(11-12)31-22(24-14)25-19(26)16-9-10-17(29-16)20-23-13-5-3-4-6-15(13)30-20/h3-11H,2H2,1H3,(H,24,25,26). The van der Waals surface area contributed by atoms with E-state index in [0.717, 1.165) is 30.3 Å². The molecule has 3 aromatic heterocycles. The molecule has 0 saturated carbocycles. The number of fused-ring (bicyclic) bond motifs is 2. The Morgan fingerprint density at radius 2 is 1.77 bits per heavy atom. The van der Waals surface area contributed by atoms with Gasteiger partial charge in [-0.1, -0.05) is 23.5 Å². The molecule has 0 bridgehead atoms. The summed E-state index contributed by atoms with van der Waals surface area (Å²) in [5.41, 5.74) is 2.14. The third-order valence-corrected chi connectivity index (χ3v) is 7.68. The van der Waals surface area contributed by atoms with E-state index in [1.54, 1.807) is 42.5 Å². The number of aromatic nitrogens is 2. The minimum Gasteiger partial charge on any atom is -0.462 e. The fourth-order valence-electron chi connectivity index (χ4n) is 3.03. The summed E-state index contributed by atoms with van der Waals surface area (Å²) in [6.07, 6.45) is 0. The summed E-state index contributed by atoms with van der Waals surface area (Å²) in [6, 6.07) is 16.9. The van der Waals surface area contributed by atoms with Crippen LogP contribution in [0.5, 0.6) is 0 Å². The van der Waals surface area contributed by atoms with Crippen LogP contribution < -0.4 is 5.32 Å². The number of esters is 1. The number of hydrogen-bond donors (Lipinski definition) is 1.